The van der Waals surface area contributed by atoms with Gasteiger partial charge in [0.05, 0.1) is 19.8 Å². The SMILES string of the molecule is CCOP(=O)(/C=C/C=NCc1ccccc1Br)OCC. The number of hydrogen-bond acceptors (Lipinski definition) is 4. The first-order valence-corrected chi connectivity index (χ1v) is 8.81. The van der Waals surface area contributed by atoms with Gasteiger partial charge in [0.25, 0.3) is 0 Å². The van der Waals surface area contributed by atoms with E-state index in [0.29, 0.717) is 19.8 Å². The Bertz CT molecular complexity index is 507. The van der Waals surface area contributed by atoms with Crippen molar-refractivity contribution >= 4 is 29.7 Å². The fourth-order valence-corrected chi connectivity index (χ4v) is 3.13. The quantitative estimate of drug-likeness (QED) is 0.494. The molecule has 0 radical (unpaired) electrons. The van der Waals surface area contributed by atoms with Gasteiger partial charge in [-0.2, -0.15) is 0 Å². The van der Waals surface area contributed by atoms with Gasteiger partial charge in [-0.1, -0.05) is 34.1 Å². The van der Waals surface area contributed by atoms with Crippen LogP contribution in [-0.4, -0.2) is 19.4 Å². The topological polar surface area (TPSA) is 47.9 Å². The maximum absolute atomic E-state index is 12.1. The third-order valence-corrected chi connectivity index (χ3v) is 4.84. The first-order chi connectivity index (χ1) is 9.61. The molecular weight excluding hydrogens is 341 g/mol. The predicted octanol–water partition coefficient (Wildman–Crippen LogP) is 4.80. The molecule has 4 nitrogen and oxygen atoms in total. The molecule has 0 saturated carbocycles. The summed E-state index contributed by atoms with van der Waals surface area (Å²) < 4.78 is 23.4. The summed E-state index contributed by atoms with van der Waals surface area (Å²) in [6.45, 7) is 4.80. The summed E-state index contributed by atoms with van der Waals surface area (Å²) in [6, 6.07) is 7.89. The predicted molar refractivity (Wildman–Crippen MR) is 86.3 cm³/mol. The lowest BCUT2D eigenvalue weighted by molar-refractivity contribution is 0.229. The van der Waals surface area contributed by atoms with Crippen molar-refractivity contribution in [2.24, 2.45) is 4.99 Å². The summed E-state index contributed by atoms with van der Waals surface area (Å²) in [5.74, 6) is 1.43. The van der Waals surface area contributed by atoms with Gasteiger partial charge in [-0.15, -0.1) is 0 Å². The number of halogens is 1. The lowest BCUT2D eigenvalue weighted by Crippen LogP contribution is -1.92. The van der Waals surface area contributed by atoms with Crippen LogP contribution in [0.25, 0.3) is 0 Å². The highest BCUT2D eigenvalue weighted by Gasteiger charge is 2.18. The molecule has 1 aromatic rings. The maximum Gasteiger partial charge on any atom is 0.354 e. The molecule has 6 heteroatoms. The minimum atomic E-state index is -3.12. The van der Waals surface area contributed by atoms with Crippen LogP contribution in [0.1, 0.15) is 19.4 Å². The van der Waals surface area contributed by atoms with Crippen LogP contribution in [0.2, 0.25) is 0 Å². The molecule has 0 aliphatic rings. The van der Waals surface area contributed by atoms with Crippen molar-refractivity contribution in [3.63, 3.8) is 0 Å². The molecule has 1 aromatic carbocycles. The largest absolute Gasteiger partial charge is 0.354 e. The number of benzene rings is 1. The number of nitrogens with zero attached hydrogens (tertiary/aromatic N) is 1. The fourth-order valence-electron chi connectivity index (χ4n) is 1.47. The van der Waals surface area contributed by atoms with Gasteiger partial charge in [-0.3, -0.25) is 9.56 Å². The second-order valence-electron chi connectivity index (χ2n) is 3.80. The van der Waals surface area contributed by atoms with E-state index >= 15 is 0 Å². The standard InChI is InChI=1S/C14H19BrNO3P/c1-3-18-20(17,19-4-2)11-7-10-16-12-13-8-5-6-9-14(13)15/h5-11H,3-4,12H2,1-2H3/b11-7+,16-10?. The van der Waals surface area contributed by atoms with Gasteiger partial charge in [-0.05, 0) is 31.6 Å². The Morgan fingerprint density at radius 1 is 1.25 bits per heavy atom. The second-order valence-corrected chi connectivity index (χ2v) is 6.55. The number of aliphatic imine (C=N–C) groups is 1. The van der Waals surface area contributed by atoms with E-state index in [1.165, 1.54) is 5.82 Å². The van der Waals surface area contributed by atoms with E-state index in [-0.39, 0.29) is 0 Å². The molecule has 0 aliphatic heterocycles. The van der Waals surface area contributed by atoms with Gasteiger partial charge in [0.1, 0.15) is 0 Å². The van der Waals surface area contributed by atoms with Crippen molar-refractivity contribution in [1.82, 2.24) is 0 Å². The van der Waals surface area contributed by atoms with Crippen LogP contribution in [0.5, 0.6) is 0 Å². The van der Waals surface area contributed by atoms with Crippen LogP contribution in [0, 0.1) is 0 Å². The van der Waals surface area contributed by atoms with Gasteiger partial charge in [-0.25, -0.2) is 0 Å². The van der Waals surface area contributed by atoms with E-state index < -0.39 is 7.60 Å². The summed E-state index contributed by atoms with van der Waals surface area (Å²) in [6.07, 6.45) is 3.20. The minimum Gasteiger partial charge on any atom is -0.306 e. The maximum atomic E-state index is 12.1. The highest BCUT2D eigenvalue weighted by molar-refractivity contribution is 9.10. The molecule has 0 fully saturated rings. The third-order valence-electron chi connectivity index (χ3n) is 2.30. The van der Waals surface area contributed by atoms with Crippen molar-refractivity contribution in [2.45, 2.75) is 20.4 Å². The summed E-state index contributed by atoms with van der Waals surface area (Å²) in [7, 11) is -3.12. The van der Waals surface area contributed by atoms with Crippen LogP contribution in [0.15, 0.2) is 45.6 Å². The number of hydrogen-bond donors (Lipinski definition) is 0. The number of rotatable bonds is 8. The number of allylic oxidation sites excluding steroid dienone is 1. The molecule has 0 N–H and O–H groups in total. The zero-order chi connectivity index (χ0) is 14.8. The molecule has 0 amide bonds. The van der Waals surface area contributed by atoms with Crippen LogP contribution >= 0.6 is 23.5 Å². The van der Waals surface area contributed by atoms with Gasteiger partial charge in [0.2, 0.25) is 0 Å². The van der Waals surface area contributed by atoms with Crippen LogP contribution in [-0.2, 0) is 20.2 Å². The Balaban J connectivity index is 2.57. The second kappa shape index (κ2) is 9.24. The molecule has 20 heavy (non-hydrogen) atoms. The first-order valence-electron chi connectivity index (χ1n) is 6.41. The Morgan fingerprint density at radius 3 is 2.50 bits per heavy atom. The summed E-state index contributed by atoms with van der Waals surface area (Å²) in [5.41, 5.74) is 1.09. The third kappa shape index (κ3) is 6.14. The van der Waals surface area contributed by atoms with E-state index in [4.69, 9.17) is 9.05 Å². The lowest BCUT2D eigenvalue weighted by Gasteiger charge is -2.11. The zero-order valence-electron chi connectivity index (χ0n) is 11.7. The molecule has 110 valence electrons. The smallest absolute Gasteiger partial charge is 0.306 e. The van der Waals surface area contributed by atoms with E-state index in [0.717, 1.165) is 10.0 Å². The van der Waals surface area contributed by atoms with Gasteiger partial charge in [0, 0.05) is 16.5 Å². The van der Waals surface area contributed by atoms with Crippen LogP contribution < -0.4 is 0 Å². The Kier molecular flexibility index (Phi) is 8.00. The van der Waals surface area contributed by atoms with Crippen molar-refractivity contribution in [1.29, 1.82) is 0 Å². The molecule has 0 atom stereocenters. The summed E-state index contributed by atoms with van der Waals surface area (Å²) in [5, 5.41) is 0. The van der Waals surface area contributed by atoms with Crippen LogP contribution in [0.4, 0.5) is 0 Å². The van der Waals surface area contributed by atoms with Gasteiger partial charge < -0.3 is 9.05 Å². The van der Waals surface area contributed by atoms with Gasteiger partial charge in [0.15, 0.2) is 0 Å². The average Bonchev–Trinajstić information content (AvgIpc) is 2.41. The molecule has 0 aliphatic carbocycles. The molecule has 0 spiro atoms. The molecule has 0 bridgehead atoms. The normalized spacial score (nSPS) is 12.6. The van der Waals surface area contributed by atoms with E-state index in [2.05, 4.69) is 20.9 Å². The molecule has 0 aromatic heterocycles. The zero-order valence-corrected chi connectivity index (χ0v) is 14.1. The van der Waals surface area contributed by atoms with Crippen molar-refractivity contribution < 1.29 is 13.6 Å². The summed E-state index contributed by atoms with van der Waals surface area (Å²) in [4.78, 5) is 4.25. The van der Waals surface area contributed by atoms with Crippen molar-refractivity contribution in [3.8, 4) is 0 Å². The minimum absolute atomic E-state index is 0.343. The monoisotopic (exact) mass is 359 g/mol. The van der Waals surface area contributed by atoms with Crippen LogP contribution in [0.3, 0.4) is 0 Å². The van der Waals surface area contributed by atoms with Gasteiger partial charge >= 0.3 is 7.60 Å². The highest BCUT2D eigenvalue weighted by atomic mass is 79.9. The molecule has 1 rings (SSSR count). The summed E-state index contributed by atoms with van der Waals surface area (Å²) >= 11 is 3.46. The fraction of sp³-hybridized carbons (Fsp3) is 0.357. The molecule has 0 heterocycles. The molecular formula is C14H19BrNO3P. The molecule has 0 unspecified atom stereocenters. The van der Waals surface area contributed by atoms with E-state index in [1.54, 1.807) is 26.1 Å². The Morgan fingerprint density at radius 2 is 1.90 bits per heavy atom. The van der Waals surface area contributed by atoms with E-state index in [9.17, 15) is 4.57 Å². The molecule has 0 saturated heterocycles. The highest BCUT2D eigenvalue weighted by Crippen LogP contribution is 2.49. The lowest BCUT2D eigenvalue weighted by atomic mass is 10.2. The van der Waals surface area contributed by atoms with Crippen molar-refractivity contribution in [2.75, 3.05) is 13.2 Å². The Labute approximate surface area is 128 Å². The first kappa shape index (κ1) is 17.3. The van der Waals surface area contributed by atoms with Crippen molar-refractivity contribution in [3.05, 3.63) is 46.2 Å². The van der Waals surface area contributed by atoms with E-state index in [1.807, 2.05) is 24.3 Å². The average molecular weight is 360 g/mol. The Hall–Kier alpha value is -0.740.